The lowest BCUT2D eigenvalue weighted by atomic mass is 9.94. The van der Waals surface area contributed by atoms with E-state index in [9.17, 15) is 18.4 Å². The molecule has 0 saturated carbocycles. The molecule has 0 aliphatic carbocycles. The third kappa shape index (κ3) is 7.09. The van der Waals surface area contributed by atoms with Crippen LogP contribution in [0.3, 0.4) is 0 Å². The minimum atomic E-state index is -2.70. The molecule has 0 bridgehead atoms. The van der Waals surface area contributed by atoms with Gasteiger partial charge in [-0.05, 0) is 87.9 Å². The summed E-state index contributed by atoms with van der Waals surface area (Å²) >= 11 is 0. The van der Waals surface area contributed by atoms with Crippen LogP contribution in [0.4, 0.5) is 20.2 Å². The highest BCUT2D eigenvalue weighted by Gasteiger charge is 2.27. The predicted octanol–water partition coefficient (Wildman–Crippen LogP) is 6.14. The molecule has 2 saturated heterocycles. The Labute approximate surface area is 278 Å². The van der Waals surface area contributed by atoms with Crippen molar-refractivity contribution in [3.63, 3.8) is 0 Å². The quantitative estimate of drug-likeness (QED) is 0.209. The van der Waals surface area contributed by atoms with Gasteiger partial charge < -0.3 is 24.6 Å². The average molecular weight is 663 g/mol. The minimum Gasteiger partial charge on any atom is -0.497 e. The molecule has 2 N–H and O–H groups in total. The molecule has 6 rings (SSSR count). The Morgan fingerprint density at radius 1 is 1.00 bits per heavy atom. The van der Waals surface area contributed by atoms with Crippen LogP contribution in [-0.4, -0.2) is 81.6 Å². The van der Waals surface area contributed by atoms with Gasteiger partial charge in [0.15, 0.2) is 0 Å². The number of alkyl halides is 2. The number of pyridine rings is 1. The molecule has 0 radical (unpaired) electrons. The summed E-state index contributed by atoms with van der Waals surface area (Å²) in [7, 11) is 3.25. The zero-order valence-electron chi connectivity index (χ0n) is 28.0. The molecule has 2 aliphatic heterocycles. The van der Waals surface area contributed by atoms with Gasteiger partial charge in [-0.1, -0.05) is 0 Å². The third-order valence-electron chi connectivity index (χ3n) is 10.1. The third-order valence-corrected chi connectivity index (χ3v) is 10.1. The number of rotatable bonds is 10. The Morgan fingerprint density at radius 2 is 1.71 bits per heavy atom. The molecule has 4 heterocycles. The van der Waals surface area contributed by atoms with Gasteiger partial charge in [0, 0.05) is 72.8 Å². The molecule has 0 atom stereocenters. The predicted molar refractivity (Wildman–Crippen MR) is 183 cm³/mol. The second-order valence-electron chi connectivity index (χ2n) is 13.3. The maximum Gasteiger partial charge on any atom is 0.317 e. The van der Waals surface area contributed by atoms with E-state index < -0.39 is 12.4 Å². The molecule has 10 nitrogen and oxygen atoms in total. The van der Waals surface area contributed by atoms with Crippen molar-refractivity contribution in [3.8, 4) is 16.9 Å². The lowest BCUT2D eigenvalue weighted by Gasteiger charge is -2.37. The van der Waals surface area contributed by atoms with Crippen molar-refractivity contribution in [3.05, 3.63) is 69.8 Å². The Balaban J connectivity index is 1.16. The number of hydrogen-bond acceptors (Lipinski definition) is 7. The number of benzene rings is 2. The van der Waals surface area contributed by atoms with Crippen LogP contribution in [-0.2, 0) is 11.8 Å². The molecule has 2 aromatic heterocycles. The summed E-state index contributed by atoms with van der Waals surface area (Å²) < 4.78 is 38.2. The first-order chi connectivity index (χ1) is 23.0. The number of methoxy groups -OCH3 is 1. The largest absolute Gasteiger partial charge is 0.497 e. The number of anilines is 2. The van der Waals surface area contributed by atoms with E-state index in [2.05, 4.69) is 15.3 Å². The van der Waals surface area contributed by atoms with E-state index in [0.717, 1.165) is 69.4 Å². The van der Waals surface area contributed by atoms with Crippen molar-refractivity contribution < 1.29 is 23.4 Å². The van der Waals surface area contributed by atoms with Crippen LogP contribution in [0.25, 0.3) is 22.0 Å². The minimum absolute atomic E-state index is 0.0809. The molecule has 0 amide bonds. The zero-order chi connectivity index (χ0) is 34.1. The number of halogens is 2. The van der Waals surface area contributed by atoms with Crippen molar-refractivity contribution in [2.24, 2.45) is 13.0 Å². The molecule has 0 spiro atoms. The number of likely N-dealkylation sites (tertiary alicyclic amines) is 2. The van der Waals surface area contributed by atoms with Crippen LogP contribution < -0.4 is 15.6 Å². The number of nitrogens with zero attached hydrogens (tertiary/aromatic N) is 5. The Bertz CT molecular complexity index is 1860. The summed E-state index contributed by atoms with van der Waals surface area (Å²) in [5.74, 6) is 0.358. The van der Waals surface area contributed by atoms with Crippen LogP contribution in [0, 0.1) is 19.8 Å². The highest BCUT2D eigenvalue weighted by atomic mass is 19.3. The van der Waals surface area contributed by atoms with E-state index in [1.54, 1.807) is 44.0 Å². The van der Waals surface area contributed by atoms with Crippen molar-refractivity contribution in [2.45, 2.75) is 52.0 Å². The summed E-state index contributed by atoms with van der Waals surface area (Å²) in [6.07, 6.45) is 4.78. The summed E-state index contributed by atoms with van der Waals surface area (Å²) in [5, 5.41) is 17.8. The number of carbonyl (C=O) groups is 1. The highest BCUT2D eigenvalue weighted by molar-refractivity contribution is 5.95. The summed E-state index contributed by atoms with van der Waals surface area (Å²) in [5.41, 5.74) is 4.17. The van der Waals surface area contributed by atoms with Gasteiger partial charge in [-0.15, -0.1) is 0 Å². The molecule has 0 unspecified atom stereocenters. The Kier molecular flexibility index (Phi) is 9.84. The first-order valence-corrected chi connectivity index (χ1v) is 16.6. The maximum absolute atomic E-state index is 14.6. The lowest BCUT2D eigenvalue weighted by molar-refractivity contribution is -0.138. The fourth-order valence-corrected chi connectivity index (χ4v) is 7.28. The number of piperidine rings is 2. The Hall–Kier alpha value is -4.29. The molecular formula is C36H44F2N6O4. The standard InChI is InChI=1S/C36H44F2N6O4/c1-22-13-28(25-18-39-44(20-25)26-7-11-42(12-8-26)19-24-5-9-43(10-6-24)21-34(45)46)29(35(37)38)17-31(22)40-32-15-27(48-4)16-33-30(32)14-23(2)36(47)41(33)3/h13-18,20,24,26,35,40H,5-12,19,21H2,1-4H3,(H,45,46). The fourth-order valence-electron chi connectivity index (χ4n) is 7.28. The first kappa shape index (κ1) is 33.6. The van der Waals surface area contributed by atoms with Crippen LogP contribution in [0.15, 0.2) is 47.5 Å². The van der Waals surface area contributed by atoms with E-state index >= 15 is 0 Å². The number of aliphatic carboxylic acids is 1. The number of aryl methyl sites for hydroxylation is 3. The van der Waals surface area contributed by atoms with Gasteiger partial charge in [0.2, 0.25) is 0 Å². The second-order valence-corrected chi connectivity index (χ2v) is 13.3. The number of carboxylic acid groups (broad SMARTS) is 1. The van der Waals surface area contributed by atoms with Crippen molar-refractivity contribution >= 4 is 28.2 Å². The monoisotopic (exact) mass is 662 g/mol. The summed E-state index contributed by atoms with van der Waals surface area (Å²) in [6, 6.07) is 8.91. The van der Waals surface area contributed by atoms with Gasteiger partial charge in [0.25, 0.3) is 12.0 Å². The number of aromatic nitrogens is 3. The van der Waals surface area contributed by atoms with E-state index in [4.69, 9.17) is 9.84 Å². The molecule has 2 fully saturated rings. The van der Waals surface area contributed by atoms with Crippen molar-refractivity contribution in [1.82, 2.24) is 24.1 Å². The number of hydrogen-bond donors (Lipinski definition) is 2. The SMILES string of the molecule is COc1cc(Nc2cc(C(F)F)c(-c3cnn(C4CCN(CC5CCN(CC(=O)O)CC5)CC4)c3)cc2C)c2cc(C)c(=O)n(C)c2c1. The maximum atomic E-state index is 14.6. The number of carboxylic acids is 1. The highest BCUT2D eigenvalue weighted by Crippen LogP contribution is 2.39. The number of ether oxygens (including phenoxy) is 1. The van der Waals surface area contributed by atoms with Gasteiger partial charge in [-0.3, -0.25) is 19.2 Å². The van der Waals surface area contributed by atoms with Gasteiger partial charge in [-0.2, -0.15) is 5.10 Å². The molecule has 256 valence electrons. The molecular weight excluding hydrogens is 618 g/mol. The van der Waals surface area contributed by atoms with Crippen molar-refractivity contribution in [1.29, 1.82) is 0 Å². The van der Waals surface area contributed by atoms with E-state index in [1.807, 2.05) is 34.8 Å². The smallest absolute Gasteiger partial charge is 0.317 e. The topological polar surface area (TPSA) is 105 Å². The normalized spacial score (nSPS) is 17.0. The van der Waals surface area contributed by atoms with E-state index in [1.165, 1.54) is 6.07 Å². The van der Waals surface area contributed by atoms with Crippen LogP contribution in [0.2, 0.25) is 0 Å². The van der Waals surface area contributed by atoms with Gasteiger partial charge in [0.1, 0.15) is 5.75 Å². The number of fused-ring (bicyclic) bond motifs is 1. The summed E-state index contributed by atoms with van der Waals surface area (Å²) in [6.45, 7) is 8.35. The first-order valence-electron chi connectivity index (χ1n) is 16.6. The zero-order valence-corrected chi connectivity index (χ0v) is 28.0. The summed E-state index contributed by atoms with van der Waals surface area (Å²) in [4.78, 5) is 28.1. The van der Waals surface area contributed by atoms with Crippen molar-refractivity contribution in [2.75, 3.05) is 51.7 Å². The van der Waals surface area contributed by atoms with Crippen LogP contribution >= 0.6 is 0 Å². The average Bonchev–Trinajstić information content (AvgIpc) is 3.56. The van der Waals surface area contributed by atoms with Crippen LogP contribution in [0.5, 0.6) is 5.75 Å². The fraction of sp³-hybridized carbons (Fsp3) is 0.472. The van der Waals surface area contributed by atoms with Gasteiger partial charge in [0.05, 0.1) is 37.1 Å². The number of nitrogens with one attached hydrogen (secondary N) is 1. The van der Waals surface area contributed by atoms with E-state index in [0.29, 0.717) is 45.2 Å². The molecule has 2 aliphatic rings. The Morgan fingerprint density at radius 3 is 2.38 bits per heavy atom. The van der Waals surface area contributed by atoms with Gasteiger partial charge in [-0.25, -0.2) is 8.78 Å². The second kappa shape index (κ2) is 14.1. The van der Waals surface area contributed by atoms with E-state index in [-0.39, 0.29) is 23.7 Å². The molecule has 12 heteroatoms. The van der Waals surface area contributed by atoms with Gasteiger partial charge >= 0.3 is 5.97 Å². The van der Waals surface area contributed by atoms with Crippen LogP contribution in [0.1, 0.15) is 54.8 Å². The molecule has 2 aromatic carbocycles. The molecule has 4 aromatic rings. The lowest BCUT2D eigenvalue weighted by Crippen LogP contribution is -2.43. The molecule has 48 heavy (non-hydrogen) atoms.